The molecular formula is C25H23FN4O3. The van der Waals surface area contributed by atoms with Gasteiger partial charge in [-0.1, -0.05) is 6.07 Å². The van der Waals surface area contributed by atoms with Crippen LogP contribution in [0.15, 0.2) is 67.0 Å². The highest BCUT2D eigenvalue weighted by Crippen LogP contribution is 2.35. The van der Waals surface area contributed by atoms with Gasteiger partial charge in [-0.3, -0.25) is 0 Å². The largest absolute Gasteiger partial charge is 0.493 e. The van der Waals surface area contributed by atoms with Crippen LogP contribution in [0.25, 0.3) is 10.9 Å². The zero-order valence-corrected chi connectivity index (χ0v) is 18.1. The van der Waals surface area contributed by atoms with Crippen LogP contribution in [0.1, 0.15) is 0 Å². The molecule has 8 heteroatoms. The van der Waals surface area contributed by atoms with Crippen molar-refractivity contribution in [1.29, 1.82) is 0 Å². The fraction of sp³-hybridized carbons (Fsp3) is 0.200. The molecule has 1 aliphatic heterocycles. The lowest BCUT2D eigenvalue weighted by Gasteiger charge is -2.29. The minimum Gasteiger partial charge on any atom is -0.493 e. The first-order valence-electron chi connectivity index (χ1n) is 10.7. The van der Waals surface area contributed by atoms with Crippen molar-refractivity contribution in [2.24, 2.45) is 0 Å². The zero-order chi connectivity index (χ0) is 22.6. The Hall–Kier alpha value is -3.91. The van der Waals surface area contributed by atoms with Crippen molar-refractivity contribution in [3.8, 4) is 17.2 Å². The van der Waals surface area contributed by atoms with Gasteiger partial charge >= 0.3 is 0 Å². The summed E-state index contributed by atoms with van der Waals surface area (Å²) in [4.78, 5) is 11.2. The quantitative estimate of drug-likeness (QED) is 0.439. The lowest BCUT2D eigenvalue weighted by atomic mass is 10.1. The average Bonchev–Trinajstić information content (AvgIpc) is 2.85. The smallest absolute Gasteiger partial charge is 0.169 e. The Bertz CT molecular complexity index is 1280. The van der Waals surface area contributed by atoms with Crippen LogP contribution in [0.2, 0.25) is 0 Å². The number of hydrogen-bond acceptors (Lipinski definition) is 7. The molecule has 3 aromatic carbocycles. The van der Waals surface area contributed by atoms with E-state index < -0.39 is 0 Å². The Balaban J connectivity index is 1.42. The van der Waals surface area contributed by atoms with Crippen molar-refractivity contribution < 1.29 is 18.6 Å². The van der Waals surface area contributed by atoms with Crippen molar-refractivity contribution in [2.45, 2.75) is 0 Å². The maximum atomic E-state index is 13.5. The number of benzene rings is 3. The van der Waals surface area contributed by atoms with Gasteiger partial charge < -0.3 is 24.4 Å². The minimum atomic E-state index is -0.364. The van der Waals surface area contributed by atoms with Gasteiger partial charge in [0.2, 0.25) is 0 Å². The minimum absolute atomic E-state index is 0.364. The molecule has 0 bridgehead atoms. The number of methoxy groups -OCH3 is 1. The maximum Gasteiger partial charge on any atom is 0.169 e. The topological polar surface area (TPSA) is 68.7 Å². The van der Waals surface area contributed by atoms with Gasteiger partial charge in [-0.15, -0.1) is 0 Å². The van der Waals surface area contributed by atoms with Crippen LogP contribution in [0.3, 0.4) is 0 Å². The first kappa shape index (κ1) is 21.0. The summed E-state index contributed by atoms with van der Waals surface area (Å²) in [5.41, 5.74) is 2.73. The van der Waals surface area contributed by atoms with Crippen LogP contribution in [-0.4, -0.2) is 43.4 Å². The number of morpholine rings is 1. The number of nitrogens with one attached hydrogen (secondary N) is 1. The molecule has 0 radical (unpaired) electrons. The molecule has 33 heavy (non-hydrogen) atoms. The van der Waals surface area contributed by atoms with Crippen LogP contribution in [0.5, 0.6) is 17.2 Å². The molecule has 4 aromatic rings. The average molecular weight is 446 g/mol. The predicted molar refractivity (Wildman–Crippen MR) is 125 cm³/mol. The van der Waals surface area contributed by atoms with Gasteiger partial charge in [-0.05, 0) is 42.5 Å². The highest BCUT2D eigenvalue weighted by atomic mass is 19.1. The van der Waals surface area contributed by atoms with E-state index in [2.05, 4.69) is 32.3 Å². The third-order valence-corrected chi connectivity index (χ3v) is 5.45. The Kier molecular flexibility index (Phi) is 5.91. The summed E-state index contributed by atoms with van der Waals surface area (Å²) in [5.74, 6) is 1.71. The van der Waals surface area contributed by atoms with Gasteiger partial charge in [-0.2, -0.15) is 0 Å². The first-order valence-corrected chi connectivity index (χ1v) is 10.7. The van der Waals surface area contributed by atoms with E-state index in [0.717, 1.165) is 48.6 Å². The molecule has 0 unspecified atom stereocenters. The van der Waals surface area contributed by atoms with Crippen LogP contribution in [0, 0.1) is 5.82 Å². The van der Waals surface area contributed by atoms with Gasteiger partial charge in [0.15, 0.2) is 11.5 Å². The number of aromatic nitrogens is 2. The number of fused-ring (bicyclic) bond motifs is 1. The fourth-order valence-electron chi connectivity index (χ4n) is 3.79. The fourth-order valence-corrected chi connectivity index (χ4v) is 3.79. The SMILES string of the molecule is COc1cc(Nc2ncnc3ccc(N4CCOCC4)cc23)ccc1Oc1cccc(F)c1. The van der Waals surface area contributed by atoms with E-state index in [1.165, 1.54) is 18.5 Å². The highest BCUT2D eigenvalue weighted by Gasteiger charge is 2.14. The molecule has 1 N–H and O–H groups in total. The number of halogens is 1. The molecular weight excluding hydrogens is 423 g/mol. The normalized spacial score (nSPS) is 13.7. The number of ether oxygens (including phenoxy) is 3. The van der Waals surface area contributed by atoms with Crippen LogP contribution in [0.4, 0.5) is 21.6 Å². The maximum absolute atomic E-state index is 13.5. The molecule has 168 valence electrons. The van der Waals surface area contributed by atoms with E-state index in [9.17, 15) is 4.39 Å². The van der Waals surface area contributed by atoms with E-state index in [4.69, 9.17) is 14.2 Å². The number of hydrogen-bond donors (Lipinski definition) is 1. The Morgan fingerprint density at radius 1 is 0.970 bits per heavy atom. The van der Waals surface area contributed by atoms with E-state index in [1.807, 2.05) is 18.2 Å². The lowest BCUT2D eigenvalue weighted by molar-refractivity contribution is 0.122. The third-order valence-electron chi connectivity index (χ3n) is 5.45. The van der Waals surface area contributed by atoms with E-state index in [-0.39, 0.29) is 5.82 Å². The first-order chi connectivity index (χ1) is 16.2. The van der Waals surface area contributed by atoms with Gasteiger partial charge in [0.25, 0.3) is 0 Å². The van der Waals surface area contributed by atoms with Gasteiger partial charge in [0.1, 0.15) is 23.7 Å². The second-order valence-electron chi connectivity index (χ2n) is 7.57. The van der Waals surface area contributed by atoms with Crippen molar-refractivity contribution in [1.82, 2.24) is 9.97 Å². The molecule has 7 nitrogen and oxygen atoms in total. The number of rotatable bonds is 6. The summed E-state index contributed by atoms with van der Waals surface area (Å²) in [7, 11) is 1.56. The number of nitrogens with zero attached hydrogens (tertiary/aromatic N) is 3. The van der Waals surface area contributed by atoms with Crippen LogP contribution >= 0.6 is 0 Å². The van der Waals surface area contributed by atoms with Gasteiger partial charge in [-0.25, -0.2) is 14.4 Å². The summed E-state index contributed by atoms with van der Waals surface area (Å²) >= 11 is 0. The van der Waals surface area contributed by atoms with Crippen molar-refractivity contribution in [3.63, 3.8) is 0 Å². The molecule has 5 rings (SSSR count). The highest BCUT2D eigenvalue weighted by molar-refractivity contribution is 5.93. The van der Waals surface area contributed by atoms with Crippen molar-refractivity contribution in [3.05, 3.63) is 72.8 Å². The Morgan fingerprint density at radius 3 is 2.67 bits per heavy atom. The number of anilines is 3. The second kappa shape index (κ2) is 9.30. The molecule has 1 saturated heterocycles. The molecule has 0 saturated carbocycles. The molecule has 1 fully saturated rings. The lowest BCUT2D eigenvalue weighted by Crippen LogP contribution is -2.36. The van der Waals surface area contributed by atoms with E-state index >= 15 is 0 Å². The Morgan fingerprint density at radius 2 is 1.85 bits per heavy atom. The monoisotopic (exact) mass is 446 g/mol. The standard InChI is InChI=1S/C25H23FN4O3/c1-31-24-14-18(5-8-23(24)33-20-4-2-3-17(26)13-20)29-25-21-15-19(30-9-11-32-12-10-30)6-7-22(21)27-16-28-25/h2-8,13-16H,9-12H2,1H3,(H,27,28,29). The molecule has 1 aromatic heterocycles. The van der Waals surface area contributed by atoms with Crippen LogP contribution in [-0.2, 0) is 4.74 Å². The summed E-state index contributed by atoms with van der Waals surface area (Å²) in [5, 5.41) is 4.28. The molecule has 0 spiro atoms. The summed E-state index contributed by atoms with van der Waals surface area (Å²) in [6, 6.07) is 17.6. The van der Waals surface area contributed by atoms with E-state index in [0.29, 0.717) is 23.1 Å². The van der Waals surface area contributed by atoms with Crippen LogP contribution < -0.4 is 19.7 Å². The molecule has 0 atom stereocenters. The van der Waals surface area contributed by atoms with Crippen molar-refractivity contribution in [2.75, 3.05) is 43.6 Å². The zero-order valence-electron chi connectivity index (χ0n) is 18.1. The molecule has 2 heterocycles. The van der Waals surface area contributed by atoms with E-state index in [1.54, 1.807) is 25.3 Å². The second-order valence-corrected chi connectivity index (χ2v) is 7.57. The summed E-state index contributed by atoms with van der Waals surface area (Å²) in [6.45, 7) is 3.15. The molecule has 1 aliphatic rings. The summed E-state index contributed by atoms with van der Waals surface area (Å²) in [6.07, 6.45) is 1.54. The van der Waals surface area contributed by atoms with Crippen molar-refractivity contribution >= 4 is 28.1 Å². The third kappa shape index (κ3) is 4.65. The van der Waals surface area contributed by atoms with Gasteiger partial charge in [0, 0.05) is 42.0 Å². The summed E-state index contributed by atoms with van der Waals surface area (Å²) < 4.78 is 30.3. The molecule has 0 amide bonds. The molecule has 0 aliphatic carbocycles. The predicted octanol–water partition coefficient (Wildman–Crippen LogP) is 5.15. The Labute approximate surface area is 190 Å². The van der Waals surface area contributed by atoms with Gasteiger partial charge in [0.05, 0.1) is 25.8 Å².